The van der Waals surface area contributed by atoms with Crippen molar-refractivity contribution in [3.05, 3.63) is 0 Å². The maximum absolute atomic E-state index is 11.1. The van der Waals surface area contributed by atoms with E-state index in [0.717, 1.165) is 19.6 Å². The van der Waals surface area contributed by atoms with E-state index in [1.165, 1.54) is 0 Å². The van der Waals surface area contributed by atoms with Crippen LogP contribution in [0, 0.1) is 0 Å². The fourth-order valence-corrected chi connectivity index (χ4v) is 1.89. The molecule has 2 N–H and O–H groups in total. The minimum atomic E-state index is -0.300. The number of nitrogens with zero attached hydrogens (tertiary/aromatic N) is 2. The fourth-order valence-electron chi connectivity index (χ4n) is 1.89. The van der Waals surface area contributed by atoms with Crippen LogP contribution in [0.1, 0.15) is 27.7 Å². The van der Waals surface area contributed by atoms with E-state index in [9.17, 15) is 4.79 Å². The molecule has 0 aromatic carbocycles. The highest BCUT2D eigenvalue weighted by Gasteiger charge is 2.31. The maximum Gasteiger partial charge on any atom is 0.315 e. The van der Waals surface area contributed by atoms with E-state index in [-0.39, 0.29) is 17.6 Å². The number of nitrogens with two attached hydrogens (primary N) is 1. The Labute approximate surface area is 86.0 Å². The lowest BCUT2D eigenvalue weighted by Gasteiger charge is -2.45. The Bertz CT molecular complexity index is 222. The molecular formula is C10H21N3O. The molecule has 0 aromatic rings. The number of carbonyl (C=O) groups is 1. The zero-order valence-electron chi connectivity index (χ0n) is 9.58. The molecular weight excluding hydrogens is 178 g/mol. The molecule has 0 saturated carbocycles. The lowest BCUT2D eigenvalue weighted by Crippen LogP contribution is -2.59. The first-order chi connectivity index (χ1) is 6.32. The molecule has 0 bridgehead atoms. The van der Waals surface area contributed by atoms with E-state index >= 15 is 0 Å². The highest BCUT2D eigenvalue weighted by atomic mass is 16.2. The van der Waals surface area contributed by atoms with E-state index < -0.39 is 0 Å². The van der Waals surface area contributed by atoms with Crippen LogP contribution in [0.5, 0.6) is 0 Å². The van der Waals surface area contributed by atoms with Crippen LogP contribution in [0.4, 0.5) is 4.79 Å². The molecule has 1 fully saturated rings. The Balaban J connectivity index is 2.60. The summed E-state index contributed by atoms with van der Waals surface area (Å²) in [5.74, 6) is 0. The molecule has 1 rings (SSSR count). The number of hydrogen-bond donors (Lipinski definition) is 1. The SMILES string of the molecule is C[C@H]1CN(C(C)(C)C)CCN1C(N)=O. The molecule has 0 spiro atoms. The van der Waals surface area contributed by atoms with Crippen molar-refractivity contribution in [1.82, 2.24) is 9.80 Å². The second kappa shape index (κ2) is 3.77. The van der Waals surface area contributed by atoms with Crippen molar-refractivity contribution < 1.29 is 4.79 Å². The molecule has 1 aliphatic heterocycles. The van der Waals surface area contributed by atoms with Gasteiger partial charge in [0.05, 0.1) is 0 Å². The summed E-state index contributed by atoms with van der Waals surface area (Å²) in [6.45, 7) is 11.2. The number of urea groups is 1. The number of amides is 2. The first kappa shape index (κ1) is 11.3. The molecule has 1 saturated heterocycles. The van der Waals surface area contributed by atoms with Crippen LogP contribution >= 0.6 is 0 Å². The van der Waals surface area contributed by atoms with E-state index in [1.54, 1.807) is 4.90 Å². The van der Waals surface area contributed by atoms with Gasteiger partial charge in [-0.1, -0.05) is 0 Å². The molecule has 4 nitrogen and oxygen atoms in total. The van der Waals surface area contributed by atoms with Crippen LogP contribution in [0.15, 0.2) is 0 Å². The fraction of sp³-hybridized carbons (Fsp3) is 0.900. The van der Waals surface area contributed by atoms with Crippen LogP contribution in [0.3, 0.4) is 0 Å². The van der Waals surface area contributed by atoms with E-state index in [4.69, 9.17) is 5.73 Å². The van der Waals surface area contributed by atoms with Gasteiger partial charge in [-0.2, -0.15) is 0 Å². The average Bonchev–Trinajstić information content (AvgIpc) is 2.01. The first-order valence-electron chi connectivity index (χ1n) is 5.13. The molecule has 0 aliphatic carbocycles. The largest absolute Gasteiger partial charge is 0.351 e. The summed E-state index contributed by atoms with van der Waals surface area (Å²) in [6.07, 6.45) is 0. The van der Waals surface area contributed by atoms with Crippen LogP contribution in [0.25, 0.3) is 0 Å². The molecule has 0 aromatic heterocycles. The number of rotatable bonds is 0. The van der Waals surface area contributed by atoms with E-state index in [2.05, 4.69) is 25.7 Å². The van der Waals surface area contributed by atoms with Crippen LogP contribution in [-0.4, -0.2) is 47.0 Å². The van der Waals surface area contributed by atoms with Gasteiger partial charge in [-0.25, -0.2) is 4.79 Å². The van der Waals surface area contributed by atoms with Gasteiger partial charge in [0.2, 0.25) is 0 Å². The Hall–Kier alpha value is -0.770. The summed E-state index contributed by atoms with van der Waals surface area (Å²) in [5.41, 5.74) is 5.46. The topological polar surface area (TPSA) is 49.6 Å². The molecule has 4 heteroatoms. The summed E-state index contributed by atoms with van der Waals surface area (Å²) >= 11 is 0. The lowest BCUT2D eigenvalue weighted by atomic mass is 10.0. The Morgan fingerprint density at radius 1 is 1.36 bits per heavy atom. The van der Waals surface area contributed by atoms with Crippen molar-refractivity contribution >= 4 is 6.03 Å². The van der Waals surface area contributed by atoms with E-state index in [0.29, 0.717) is 0 Å². The van der Waals surface area contributed by atoms with Crippen molar-refractivity contribution in [2.75, 3.05) is 19.6 Å². The number of carbonyl (C=O) groups excluding carboxylic acids is 1. The number of primary amides is 1. The first-order valence-corrected chi connectivity index (χ1v) is 5.13. The van der Waals surface area contributed by atoms with Gasteiger partial charge in [0, 0.05) is 31.2 Å². The lowest BCUT2D eigenvalue weighted by molar-refractivity contribution is 0.0474. The molecule has 0 radical (unpaired) electrons. The van der Waals surface area contributed by atoms with Gasteiger partial charge in [-0.15, -0.1) is 0 Å². The summed E-state index contributed by atoms with van der Waals surface area (Å²) < 4.78 is 0. The third kappa shape index (κ3) is 2.38. The van der Waals surface area contributed by atoms with Gasteiger partial charge in [0.1, 0.15) is 0 Å². The Kier molecular flexibility index (Phi) is 3.04. The van der Waals surface area contributed by atoms with Crippen molar-refractivity contribution in [2.45, 2.75) is 39.3 Å². The molecule has 1 heterocycles. The van der Waals surface area contributed by atoms with Gasteiger partial charge in [0.15, 0.2) is 0 Å². The Morgan fingerprint density at radius 3 is 2.29 bits per heavy atom. The minimum absolute atomic E-state index is 0.179. The molecule has 1 atom stereocenters. The van der Waals surface area contributed by atoms with E-state index in [1.807, 2.05) is 6.92 Å². The Morgan fingerprint density at radius 2 is 1.93 bits per heavy atom. The highest BCUT2D eigenvalue weighted by molar-refractivity contribution is 5.72. The van der Waals surface area contributed by atoms with Gasteiger partial charge >= 0.3 is 6.03 Å². The van der Waals surface area contributed by atoms with Gasteiger partial charge in [-0.05, 0) is 27.7 Å². The predicted octanol–water partition coefficient (Wildman–Crippen LogP) is 0.870. The van der Waals surface area contributed by atoms with Crippen LogP contribution < -0.4 is 5.73 Å². The van der Waals surface area contributed by atoms with Gasteiger partial charge < -0.3 is 10.6 Å². The summed E-state index contributed by atoms with van der Waals surface area (Å²) in [6, 6.07) is -0.0773. The molecule has 82 valence electrons. The maximum atomic E-state index is 11.1. The van der Waals surface area contributed by atoms with Gasteiger partial charge in [0.25, 0.3) is 0 Å². The summed E-state index contributed by atoms with van der Waals surface area (Å²) in [4.78, 5) is 15.2. The molecule has 1 aliphatic rings. The normalized spacial score (nSPS) is 25.1. The zero-order chi connectivity index (χ0) is 10.9. The second-order valence-electron chi connectivity index (χ2n) is 5.00. The summed E-state index contributed by atoms with van der Waals surface area (Å²) in [5, 5.41) is 0. The monoisotopic (exact) mass is 199 g/mol. The number of piperazine rings is 1. The molecule has 14 heavy (non-hydrogen) atoms. The average molecular weight is 199 g/mol. The highest BCUT2D eigenvalue weighted by Crippen LogP contribution is 2.18. The van der Waals surface area contributed by atoms with Crippen LogP contribution in [-0.2, 0) is 0 Å². The number of hydrogen-bond acceptors (Lipinski definition) is 2. The van der Waals surface area contributed by atoms with Crippen molar-refractivity contribution in [1.29, 1.82) is 0 Å². The third-order valence-corrected chi connectivity index (χ3v) is 2.86. The predicted molar refractivity (Wildman–Crippen MR) is 57.1 cm³/mol. The molecule has 0 unspecified atom stereocenters. The van der Waals surface area contributed by atoms with Crippen molar-refractivity contribution in [3.8, 4) is 0 Å². The van der Waals surface area contributed by atoms with Crippen molar-refractivity contribution in [2.24, 2.45) is 5.73 Å². The summed E-state index contributed by atoms with van der Waals surface area (Å²) in [7, 11) is 0. The van der Waals surface area contributed by atoms with Gasteiger partial charge in [-0.3, -0.25) is 4.90 Å². The third-order valence-electron chi connectivity index (χ3n) is 2.86. The quantitative estimate of drug-likeness (QED) is 0.629. The molecule has 2 amide bonds. The standard InChI is InChI=1S/C10H21N3O/c1-8-7-12(10(2,3)4)5-6-13(8)9(11)14/h8H,5-7H2,1-4H3,(H2,11,14)/t8-/m0/s1. The second-order valence-corrected chi connectivity index (χ2v) is 5.00. The van der Waals surface area contributed by atoms with Crippen molar-refractivity contribution in [3.63, 3.8) is 0 Å². The minimum Gasteiger partial charge on any atom is -0.351 e. The van der Waals surface area contributed by atoms with Crippen LogP contribution in [0.2, 0.25) is 0 Å². The zero-order valence-corrected chi connectivity index (χ0v) is 9.58. The smallest absolute Gasteiger partial charge is 0.315 e.